The van der Waals surface area contributed by atoms with Crippen LogP contribution in [-0.4, -0.2) is 27.6 Å². The lowest BCUT2D eigenvalue weighted by Crippen LogP contribution is -2.29. The van der Waals surface area contributed by atoms with Gasteiger partial charge in [-0.2, -0.15) is 4.98 Å². The van der Waals surface area contributed by atoms with Crippen LogP contribution in [0.4, 0.5) is 5.95 Å². The standard InChI is InChI=1S/C22H30N4O/c1-7-9-26(10-8-2)22-23-20-19(21(27)24-22)17(13-25(20)6)18-15(4)11-14(3)12-16(18)5/h11-13H,7-10H2,1-6H3,(H,23,24,27). The van der Waals surface area contributed by atoms with Crippen LogP contribution in [0.2, 0.25) is 0 Å². The van der Waals surface area contributed by atoms with Crippen molar-refractivity contribution < 1.29 is 0 Å². The molecular weight excluding hydrogens is 336 g/mol. The fourth-order valence-corrected chi connectivity index (χ4v) is 4.07. The third-order valence-electron chi connectivity index (χ3n) is 5.05. The van der Waals surface area contributed by atoms with Gasteiger partial charge in [0.1, 0.15) is 5.65 Å². The van der Waals surface area contributed by atoms with Crippen molar-refractivity contribution in [1.82, 2.24) is 14.5 Å². The highest BCUT2D eigenvalue weighted by molar-refractivity contribution is 5.95. The van der Waals surface area contributed by atoms with E-state index < -0.39 is 0 Å². The molecule has 0 aliphatic heterocycles. The van der Waals surface area contributed by atoms with Crippen molar-refractivity contribution in [3.8, 4) is 11.1 Å². The van der Waals surface area contributed by atoms with Gasteiger partial charge in [-0.3, -0.25) is 9.78 Å². The predicted octanol–water partition coefficient (Wildman–Crippen LogP) is 4.48. The Morgan fingerprint density at radius 2 is 1.67 bits per heavy atom. The molecule has 0 aliphatic carbocycles. The second-order valence-electron chi connectivity index (χ2n) is 7.50. The monoisotopic (exact) mass is 366 g/mol. The minimum absolute atomic E-state index is 0.0674. The van der Waals surface area contributed by atoms with Crippen molar-refractivity contribution in [2.45, 2.75) is 47.5 Å². The van der Waals surface area contributed by atoms with E-state index >= 15 is 0 Å². The molecule has 0 fully saturated rings. The van der Waals surface area contributed by atoms with Crippen LogP contribution in [0.15, 0.2) is 23.1 Å². The summed E-state index contributed by atoms with van der Waals surface area (Å²) >= 11 is 0. The summed E-state index contributed by atoms with van der Waals surface area (Å²) in [6.07, 6.45) is 4.06. The largest absolute Gasteiger partial charge is 0.342 e. The average Bonchev–Trinajstić information content (AvgIpc) is 2.91. The van der Waals surface area contributed by atoms with Crippen molar-refractivity contribution in [1.29, 1.82) is 0 Å². The molecule has 2 aromatic heterocycles. The van der Waals surface area contributed by atoms with Crippen LogP contribution in [-0.2, 0) is 7.05 Å². The number of nitrogens with one attached hydrogen (secondary N) is 1. The molecule has 0 amide bonds. The molecular formula is C22H30N4O. The topological polar surface area (TPSA) is 53.9 Å². The zero-order valence-electron chi connectivity index (χ0n) is 17.3. The van der Waals surface area contributed by atoms with E-state index in [1.54, 1.807) is 0 Å². The molecule has 0 atom stereocenters. The van der Waals surface area contributed by atoms with E-state index in [1.165, 1.54) is 16.7 Å². The van der Waals surface area contributed by atoms with Crippen molar-refractivity contribution in [3.05, 3.63) is 45.4 Å². The van der Waals surface area contributed by atoms with Gasteiger partial charge < -0.3 is 9.47 Å². The third-order valence-corrected chi connectivity index (χ3v) is 5.05. The normalized spacial score (nSPS) is 11.3. The van der Waals surface area contributed by atoms with Crippen LogP contribution < -0.4 is 10.5 Å². The summed E-state index contributed by atoms with van der Waals surface area (Å²) in [6, 6.07) is 4.34. The molecule has 27 heavy (non-hydrogen) atoms. The molecule has 5 heteroatoms. The third kappa shape index (κ3) is 3.51. The summed E-state index contributed by atoms with van der Waals surface area (Å²) in [4.78, 5) is 23.1. The maximum Gasteiger partial charge on any atom is 0.262 e. The molecule has 3 rings (SSSR count). The summed E-state index contributed by atoms with van der Waals surface area (Å²) in [5.74, 6) is 0.668. The first-order valence-corrected chi connectivity index (χ1v) is 9.79. The van der Waals surface area contributed by atoms with E-state index in [9.17, 15) is 4.79 Å². The molecule has 1 aromatic carbocycles. The molecule has 0 radical (unpaired) electrons. The van der Waals surface area contributed by atoms with Gasteiger partial charge in [-0.25, -0.2) is 0 Å². The van der Waals surface area contributed by atoms with Gasteiger partial charge in [-0.1, -0.05) is 31.5 Å². The molecule has 0 saturated carbocycles. The maximum atomic E-state index is 13.1. The second-order valence-corrected chi connectivity index (χ2v) is 7.50. The van der Waals surface area contributed by atoms with Gasteiger partial charge in [0.2, 0.25) is 5.95 Å². The van der Waals surface area contributed by atoms with E-state index in [4.69, 9.17) is 4.98 Å². The number of benzene rings is 1. The number of aryl methyl sites for hydroxylation is 4. The first-order valence-electron chi connectivity index (χ1n) is 9.79. The summed E-state index contributed by atoms with van der Waals surface area (Å²) in [7, 11) is 1.96. The van der Waals surface area contributed by atoms with E-state index in [2.05, 4.69) is 56.6 Å². The number of fused-ring (bicyclic) bond motifs is 1. The van der Waals surface area contributed by atoms with Gasteiger partial charge in [0.25, 0.3) is 5.56 Å². The van der Waals surface area contributed by atoms with E-state index in [1.807, 2.05) is 17.8 Å². The molecule has 1 N–H and O–H groups in total. The summed E-state index contributed by atoms with van der Waals surface area (Å²) in [5, 5.41) is 0.671. The van der Waals surface area contributed by atoms with Crippen molar-refractivity contribution >= 4 is 17.0 Å². The Hall–Kier alpha value is -2.56. The zero-order chi connectivity index (χ0) is 19.7. The molecule has 0 saturated heterocycles. The molecule has 2 heterocycles. The lowest BCUT2D eigenvalue weighted by molar-refractivity contribution is 0.720. The van der Waals surface area contributed by atoms with Crippen LogP contribution in [0.3, 0.4) is 0 Å². The number of anilines is 1. The fourth-order valence-electron chi connectivity index (χ4n) is 4.07. The van der Waals surface area contributed by atoms with Crippen LogP contribution >= 0.6 is 0 Å². The lowest BCUT2D eigenvalue weighted by Gasteiger charge is -2.21. The van der Waals surface area contributed by atoms with Crippen LogP contribution in [0.1, 0.15) is 43.4 Å². The Morgan fingerprint density at radius 3 is 2.22 bits per heavy atom. The Morgan fingerprint density at radius 1 is 1.07 bits per heavy atom. The number of nitrogens with zero attached hydrogens (tertiary/aromatic N) is 3. The Bertz CT molecular complexity index is 1000. The predicted molar refractivity (Wildman–Crippen MR) is 114 cm³/mol. The first kappa shape index (κ1) is 19.2. The molecule has 0 unspecified atom stereocenters. The van der Waals surface area contributed by atoms with Crippen molar-refractivity contribution in [2.75, 3.05) is 18.0 Å². The Labute approximate surface area is 161 Å². The number of aromatic nitrogens is 3. The highest BCUT2D eigenvalue weighted by Gasteiger charge is 2.19. The summed E-state index contributed by atoms with van der Waals surface area (Å²) < 4.78 is 1.97. The summed E-state index contributed by atoms with van der Waals surface area (Å²) in [5.41, 5.74) is 6.36. The van der Waals surface area contributed by atoms with Crippen LogP contribution in [0.25, 0.3) is 22.2 Å². The van der Waals surface area contributed by atoms with Crippen LogP contribution in [0.5, 0.6) is 0 Å². The fraction of sp³-hybridized carbons (Fsp3) is 0.455. The number of rotatable bonds is 6. The number of hydrogen-bond acceptors (Lipinski definition) is 3. The Balaban J connectivity index is 2.24. The molecule has 0 spiro atoms. The van der Waals surface area contributed by atoms with Gasteiger partial charge in [-0.05, 0) is 50.3 Å². The van der Waals surface area contributed by atoms with E-state index in [0.717, 1.165) is 42.7 Å². The minimum Gasteiger partial charge on any atom is -0.342 e. The average molecular weight is 367 g/mol. The van der Waals surface area contributed by atoms with Crippen LogP contribution in [0, 0.1) is 20.8 Å². The molecule has 3 aromatic rings. The number of H-pyrrole nitrogens is 1. The van der Waals surface area contributed by atoms with Gasteiger partial charge in [0, 0.05) is 31.9 Å². The number of hydrogen-bond donors (Lipinski definition) is 1. The van der Waals surface area contributed by atoms with E-state index in [0.29, 0.717) is 11.3 Å². The lowest BCUT2D eigenvalue weighted by atomic mass is 9.94. The van der Waals surface area contributed by atoms with Gasteiger partial charge >= 0.3 is 0 Å². The van der Waals surface area contributed by atoms with E-state index in [-0.39, 0.29) is 5.56 Å². The Kier molecular flexibility index (Phi) is 5.40. The number of aromatic amines is 1. The van der Waals surface area contributed by atoms with Gasteiger partial charge in [0.05, 0.1) is 5.39 Å². The second kappa shape index (κ2) is 7.59. The summed E-state index contributed by atoms with van der Waals surface area (Å²) in [6.45, 7) is 12.4. The maximum absolute atomic E-state index is 13.1. The first-order chi connectivity index (χ1) is 12.9. The highest BCUT2D eigenvalue weighted by atomic mass is 16.1. The van der Waals surface area contributed by atoms with Gasteiger partial charge in [-0.15, -0.1) is 0 Å². The van der Waals surface area contributed by atoms with Gasteiger partial charge in [0.15, 0.2) is 0 Å². The molecule has 0 bridgehead atoms. The molecule has 144 valence electrons. The molecule has 0 aliphatic rings. The van der Waals surface area contributed by atoms with Crippen molar-refractivity contribution in [3.63, 3.8) is 0 Å². The zero-order valence-corrected chi connectivity index (χ0v) is 17.3. The quantitative estimate of drug-likeness (QED) is 0.700. The minimum atomic E-state index is -0.0674. The highest BCUT2D eigenvalue weighted by Crippen LogP contribution is 2.33. The van der Waals surface area contributed by atoms with Crippen molar-refractivity contribution in [2.24, 2.45) is 7.05 Å². The molecule has 5 nitrogen and oxygen atoms in total. The smallest absolute Gasteiger partial charge is 0.262 e. The SMILES string of the molecule is CCCN(CCC)c1nc2c(c(-c3c(C)cc(C)cc3C)cn2C)c(=O)[nH]1.